The minimum atomic E-state index is 0.0989. The van der Waals surface area contributed by atoms with Crippen molar-refractivity contribution in [3.05, 3.63) is 54.1 Å². The number of hydrogen-bond acceptors (Lipinski definition) is 4. The van der Waals surface area contributed by atoms with Crippen LogP contribution in [0.5, 0.6) is 0 Å². The van der Waals surface area contributed by atoms with Crippen molar-refractivity contribution in [2.75, 3.05) is 19.6 Å². The highest BCUT2D eigenvalue weighted by molar-refractivity contribution is 7.21. The van der Waals surface area contributed by atoms with E-state index in [1.807, 2.05) is 47.4 Å². The minimum Gasteiger partial charge on any atom is -0.338 e. The van der Waals surface area contributed by atoms with Crippen LogP contribution in [0.15, 0.2) is 48.5 Å². The van der Waals surface area contributed by atoms with Gasteiger partial charge in [-0.2, -0.15) is 0 Å². The largest absolute Gasteiger partial charge is 0.338 e. The molecule has 1 saturated heterocycles. The fraction of sp³-hybridized carbons (Fsp3) is 0.263. The normalized spacial score (nSPS) is 17.5. The molecule has 2 N–H and O–H groups in total. The summed E-state index contributed by atoms with van der Waals surface area (Å²) in [6.07, 6.45) is 1.01. The summed E-state index contributed by atoms with van der Waals surface area (Å²) < 4.78 is 1.18. The lowest BCUT2D eigenvalue weighted by Crippen LogP contribution is -2.29. The lowest BCUT2D eigenvalue weighted by molar-refractivity contribution is 0.0787. The van der Waals surface area contributed by atoms with Crippen LogP contribution in [-0.4, -0.2) is 35.4 Å². The monoisotopic (exact) mass is 337 g/mol. The molecule has 0 radical (unpaired) electrons. The van der Waals surface area contributed by atoms with E-state index in [1.54, 1.807) is 11.3 Å². The van der Waals surface area contributed by atoms with E-state index in [9.17, 15) is 4.79 Å². The maximum Gasteiger partial charge on any atom is 0.253 e. The van der Waals surface area contributed by atoms with Gasteiger partial charge in [-0.15, -0.1) is 11.3 Å². The van der Waals surface area contributed by atoms with E-state index in [2.05, 4.69) is 11.1 Å². The van der Waals surface area contributed by atoms with E-state index in [-0.39, 0.29) is 5.91 Å². The Bertz CT molecular complexity index is 839. The molecule has 1 atom stereocenters. The number of fused-ring (bicyclic) bond motifs is 1. The van der Waals surface area contributed by atoms with Gasteiger partial charge in [0.05, 0.1) is 10.2 Å². The van der Waals surface area contributed by atoms with Crippen LogP contribution in [0, 0.1) is 5.92 Å². The topological polar surface area (TPSA) is 59.2 Å². The highest BCUT2D eigenvalue weighted by Crippen LogP contribution is 2.30. The second kappa shape index (κ2) is 6.34. The fourth-order valence-electron chi connectivity index (χ4n) is 3.14. The van der Waals surface area contributed by atoms with Gasteiger partial charge in [-0.05, 0) is 43.1 Å². The Morgan fingerprint density at radius 3 is 2.71 bits per heavy atom. The number of rotatable bonds is 3. The van der Waals surface area contributed by atoms with E-state index >= 15 is 0 Å². The Morgan fingerprint density at radius 1 is 1.21 bits per heavy atom. The van der Waals surface area contributed by atoms with Gasteiger partial charge in [0.15, 0.2) is 0 Å². The molecule has 1 aliphatic rings. The summed E-state index contributed by atoms with van der Waals surface area (Å²) in [6.45, 7) is 2.23. The van der Waals surface area contributed by atoms with Crippen LogP contribution in [0.3, 0.4) is 0 Å². The van der Waals surface area contributed by atoms with Crippen molar-refractivity contribution < 1.29 is 4.79 Å². The van der Waals surface area contributed by atoms with Crippen LogP contribution in [0.4, 0.5) is 0 Å². The molecule has 0 saturated carbocycles. The molecule has 1 unspecified atom stereocenters. The maximum absolute atomic E-state index is 12.6. The van der Waals surface area contributed by atoms with Gasteiger partial charge in [0.2, 0.25) is 0 Å². The molecule has 0 spiro atoms. The smallest absolute Gasteiger partial charge is 0.253 e. The summed E-state index contributed by atoms with van der Waals surface area (Å²) in [5, 5.41) is 0.986. The summed E-state index contributed by atoms with van der Waals surface area (Å²) in [7, 11) is 0. The SMILES string of the molecule is NCC1CCN(C(=O)c2ccc(-c3nc4ccccc4s3)cc2)C1. The molecule has 3 aromatic rings. The van der Waals surface area contributed by atoms with Gasteiger partial charge in [0.1, 0.15) is 5.01 Å². The first-order valence-corrected chi connectivity index (χ1v) is 9.01. The molecule has 5 heteroatoms. The molecular formula is C19H19N3OS. The van der Waals surface area contributed by atoms with Gasteiger partial charge in [-0.25, -0.2) is 4.98 Å². The molecular weight excluding hydrogens is 318 g/mol. The number of hydrogen-bond donors (Lipinski definition) is 1. The molecule has 2 aromatic carbocycles. The van der Waals surface area contributed by atoms with Crippen molar-refractivity contribution in [3.8, 4) is 10.6 Å². The number of carbonyl (C=O) groups is 1. The highest BCUT2D eigenvalue weighted by atomic mass is 32.1. The Labute approximate surface area is 144 Å². The number of likely N-dealkylation sites (tertiary alicyclic amines) is 1. The predicted octanol–water partition coefficient (Wildman–Crippen LogP) is 3.38. The Balaban J connectivity index is 1.55. The molecule has 1 aliphatic heterocycles. The second-order valence-corrected chi connectivity index (χ2v) is 7.24. The summed E-state index contributed by atoms with van der Waals surface area (Å²) in [6, 6.07) is 15.9. The molecule has 1 aromatic heterocycles. The number of aromatic nitrogens is 1. The average Bonchev–Trinajstić information content (AvgIpc) is 3.28. The number of nitrogens with two attached hydrogens (primary N) is 1. The van der Waals surface area contributed by atoms with E-state index < -0.39 is 0 Å². The lowest BCUT2D eigenvalue weighted by Gasteiger charge is -2.16. The van der Waals surface area contributed by atoms with Gasteiger partial charge in [-0.3, -0.25) is 4.79 Å². The molecule has 0 aliphatic carbocycles. The zero-order valence-corrected chi connectivity index (χ0v) is 14.1. The van der Waals surface area contributed by atoms with Crippen LogP contribution in [-0.2, 0) is 0 Å². The molecule has 24 heavy (non-hydrogen) atoms. The Hall–Kier alpha value is -2.24. The summed E-state index contributed by atoms with van der Waals surface area (Å²) in [5.74, 6) is 0.540. The summed E-state index contributed by atoms with van der Waals surface area (Å²) >= 11 is 1.67. The first kappa shape index (κ1) is 15.3. The predicted molar refractivity (Wildman–Crippen MR) is 98.1 cm³/mol. The zero-order chi connectivity index (χ0) is 16.5. The molecule has 122 valence electrons. The van der Waals surface area contributed by atoms with Crippen LogP contribution >= 0.6 is 11.3 Å². The van der Waals surface area contributed by atoms with Crippen LogP contribution in [0.2, 0.25) is 0 Å². The molecule has 4 nitrogen and oxygen atoms in total. The molecule has 4 rings (SSSR count). The summed E-state index contributed by atoms with van der Waals surface area (Å²) in [5.41, 5.74) is 8.51. The van der Waals surface area contributed by atoms with Gasteiger partial charge in [0, 0.05) is 24.2 Å². The van der Waals surface area contributed by atoms with Gasteiger partial charge in [-0.1, -0.05) is 24.3 Å². The quantitative estimate of drug-likeness (QED) is 0.797. The fourth-order valence-corrected chi connectivity index (χ4v) is 4.11. The number of benzene rings is 2. The first-order chi connectivity index (χ1) is 11.7. The number of nitrogens with zero attached hydrogens (tertiary/aromatic N) is 2. The van der Waals surface area contributed by atoms with E-state index in [4.69, 9.17) is 5.73 Å². The van der Waals surface area contributed by atoms with Crippen molar-refractivity contribution in [1.82, 2.24) is 9.88 Å². The molecule has 2 heterocycles. The van der Waals surface area contributed by atoms with Crippen molar-refractivity contribution in [2.45, 2.75) is 6.42 Å². The molecule has 1 fully saturated rings. The van der Waals surface area contributed by atoms with Gasteiger partial charge < -0.3 is 10.6 Å². The number of carbonyl (C=O) groups excluding carboxylic acids is 1. The van der Waals surface area contributed by atoms with Gasteiger partial charge in [0.25, 0.3) is 5.91 Å². The van der Waals surface area contributed by atoms with Gasteiger partial charge >= 0.3 is 0 Å². The van der Waals surface area contributed by atoms with Crippen LogP contribution in [0.25, 0.3) is 20.8 Å². The molecule has 1 amide bonds. The number of thiazole rings is 1. The van der Waals surface area contributed by atoms with Crippen molar-refractivity contribution >= 4 is 27.5 Å². The van der Waals surface area contributed by atoms with Crippen LogP contribution < -0.4 is 5.73 Å². The Morgan fingerprint density at radius 2 is 2.00 bits per heavy atom. The zero-order valence-electron chi connectivity index (χ0n) is 13.3. The minimum absolute atomic E-state index is 0.0989. The number of para-hydroxylation sites is 1. The maximum atomic E-state index is 12.6. The third kappa shape index (κ3) is 2.81. The average molecular weight is 337 g/mol. The molecule has 0 bridgehead atoms. The van der Waals surface area contributed by atoms with E-state index in [1.165, 1.54) is 4.70 Å². The van der Waals surface area contributed by atoms with Crippen molar-refractivity contribution in [1.29, 1.82) is 0 Å². The van der Waals surface area contributed by atoms with E-state index in [0.29, 0.717) is 12.5 Å². The third-order valence-electron chi connectivity index (χ3n) is 4.58. The van der Waals surface area contributed by atoms with Crippen molar-refractivity contribution in [2.24, 2.45) is 11.7 Å². The standard InChI is InChI=1S/C19H19N3OS/c20-11-13-9-10-22(12-13)19(23)15-7-5-14(6-8-15)18-21-16-3-1-2-4-17(16)24-18/h1-8,13H,9-12,20H2. The third-order valence-corrected chi connectivity index (χ3v) is 5.66. The van der Waals surface area contributed by atoms with Crippen molar-refractivity contribution in [3.63, 3.8) is 0 Å². The first-order valence-electron chi connectivity index (χ1n) is 8.20. The van der Waals surface area contributed by atoms with Crippen LogP contribution in [0.1, 0.15) is 16.8 Å². The Kier molecular flexibility index (Phi) is 4.04. The highest BCUT2D eigenvalue weighted by Gasteiger charge is 2.25. The number of amides is 1. The lowest BCUT2D eigenvalue weighted by atomic mass is 10.1. The van der Waals surface area contributed by atoms with E-state index in [0.717, 1.165) is 41.2 Å². The summed E-state index contributed by atoms with van der Waals surface area (Å²) in [4.78, 5) is 19.1. The second-order valence-electron chi connectivity index (χ2n) is 6.21.